The summed E-state index contributed by atoms with van der Waals surface area (Å²) >= 11 is 0. The fourth-order valence-electron chi connectivity index (χ4n) is 3.70. The number of benzene rings is 1. The van der Waals surface area contributed by atoms with Gasteiger partial charge in [0.05, 0.1) is 6.54 Å². The molecule has 0 spiro atoms. The zero-order valence-corrected chi connectivity index (χ0v) is 17.1. The number of likely N-dealkylation sites (tertiary alicyclic amines) is 1. The van der Waals surface area contributed by atoms with E-state index in [-0.39, 0.29) is 23.6 Å². The lowest BCUT2D eigenvalue weighted by Gasteiger charge is -2.32. The van der Waals surface area contributed by atoms with Gasteiger partial charge < -0.3 is 10.2 Å². The van der Waals surface area contributed by atoms with Crippen LogP contribution < -0.4 is 5.32 Å². The van der Waals surface area contributed by atoms with Crippen molar-refractivity contribution in [2.24, 2.45) is 11.0 Å². The minimum atomic E-state index is -0.111. The van der Waals surface area contributed by atoms with Crippen LogP contribution in [0.1, 0.15) is 51.0 Å². The fraction of sp³-hybridized carbons (Fsp3) is 0.545. The number of hydrazone groups is 1. The number of hydrogen-bond acceptors (Lipinski definition) is 4. The fourth-order valence-corrected chi connectivity index (χ4v) is 3.70. The van der Waals surface area contributed by atoms with E-state index < -0.39 is 0 Å². The second-order valence-corrected chi connectivity index (χ2v) is 7.69. The maximum atomic E-state index is 12.9. The normalized spacial score (nSPS) is 17.8. The van der Waals surface area contributed by atoms with Crippen LogP contribution in [-0.2, 0) is 20.9 Å². The number of unbranched alkanes of at least 4 members (excludes halogenated alkanes) is 1. The second-order valence-electron chi connectivity index (χ2n) is 7.69. The van der Waals surface area contributed by atoms with Crippen LogP contribution in [0.3, 0.4) is 0 Å². The summed E-state index contributed by atoms with van der Waals surface area (Å²) in [6.07, 6.45) is 4.06. The lowest BCUT2D eigenvalue weighted by Crippen LogP contribution is -2.47. The van der Waals surface area contributed by atoms with Crippen LogP contribution in [0.2, 0.25) is 0 Å². The highest BCUT2D eigenvalue weighted by molar-refractivity contribution is 6.39. The lowest BCUT2D eigenvalue weighted by atomic mass is 9.95. The molecule has 0 aromatic heterocycles. The molecule has 156 valence electrons. The maximum Gasteiger partial charge on any atom is 0.270 e. The van der Waals surface area contributed by atoms with Crippen molar-refractivity contribution in [1.29, 1.82) is 0 Å². The molecule has 1 saturated heterocycles. The van der Waals surface area contributed by atoms with E-state index in [0.717, 1.165) is 24.9 Å². The van der Waals surface area contributed by atoms with Gasteiger partial charge in [0.1, 0.15) is 5.71 Å². The van der Waals surface area contributed by atoms with Gasteiger partial charge >= 0.3 is 0 Å². The predicted molar refractivity (Wildman–Crippen MR) is 111 cm³/mol. The monoisotopic (exact) mass is 398 g/mol. The summed E-state index contributed by atoms with van der Waals surface area (Å²) in [5.74, 6) is -0.103. The molecule has 0 saturated carbocycles. The molecule has 29 heavy (non-hydrogen) atoms. The minimum Gasteiger partial charge on any atom is -0.356 e. The third-order valence-corrected chi connectivity index (χ3v) is 5.51. The molecular formula is C22H30N4O3. The van der Waals surface area contributed by atoms with Crippen molar-refractivity contribution < 1.29 is 14.4 Å². The van der Waals surface area contributed by atoms with Crippen LogP contribution in [0.15, 0.2) is 35.4 Å². The summed E-state index contributed by atoms with van der Waals surface area (Å²) in [4.78, 5) is 39.1. The molecule has 0 aliphatic carbocycles. The standard InChI is InChI=1S/C22H30N4O3/c1-2-3-13-23-21(28)18-11-14-25(15-12-18)22(29)19-9-10-20(27)26(24-19)16-17-7-5-4-6-8-17/h4-8,18H,2-3,9-16H2,1H3,(H,23,28). The highest BCUT2D eigenvalue weighted by Gasteiger charge is 2.31. The molecule has 0 bridgehead atoms. The third-order valence-electron chi connectivity index (χ3n) is 5.51. The Balaban J connectivity index is 1.55. The van der Waals surface area contributed by atoms with Crippen molar-refractivity contribution in [2.75, 3.05) is 19.6 Å². The van der Waals surface area contributed by atoms with Crippen molar-refractivity contribution in [2.45, 2.75) is 52.0 Å². The first-order valence-corrected chi connectivity index (χ1v) is 10.6. The average molecular weight is 399 g/mol. The summed E-state index contributed by atoms with van der Waals surface area (Å²) < 4.78 is 0. The highest BCUT2D eigenvalue weighted by atomic mass is 16.2. The van der Waals surface area contributed by atoms with Gasteiger partial charge in [0, 0.05) is 38.4 Å². The minimum absolute atomic E-state index is 0.0274. The zero-order valence-electron chi connectivity index (χ0n) is 17.1. The Morgan fingerprint density at radius 1 is 1.14 bits per heavy atom. The van der Waals surface area contributed by atoms with E-state index in [1.54, 1.807) is 4.90 Å². The van der Waals surface area contributed by atoms with E-state index in [2.05, 4.69) is 17.3 Å². The van der Waals surface area contributed by atoms with Crippen LogP contribution in [0, 0.1) is 5.92 Å². The molecule has 2 heterocycles. The Bertz CT molecular complexity index is 755. The summed E-state index contributed by atoms with van der Waals surface area (Å²) in [6, 6.07) is 9.64. The molecule has 0 radical (unpaired) electrons. The second kappa shape index (κ2) is 10.2. The Morgan fingerprint density at radius 3 is 2.55 bits per heavy atom. The van der Waals surface area contributed by atoms with Gasteiger partial charge in [-0.25, -0.2) is 5.01 Å². The number of carbonyl (C=O) groups excluding carboxylic acids is 3. The molecule has 2 aliphatic heterocycles. The summed E-state index contributed by atoms with van der Waals surface area (Å²) in [5, 5.41) is 8.75. The molecule has 0 unspecified atom stereocenters. The summed E-state index contributed by atoms with van der Waals surface area (Å²) in [5.41, 5.74) is 1.42. The number of rotatable bonds is 7. The van der Waals surface area contributed by atoms with Gasteiger partial charge in [-0.1, -0.05) is 43.7 Å². The van der Waals surface area contributed by atoms with Gasteiger partial charge in [-0.2, -0.15) is 5.10 Å². The van der Waals surface area contributed by atoms with E-state index in [1.165, 1.54) is 5.01 Å². The van der Waals surface area contributed by atoms with Crippen molar-refractivity contribution in [3.63, 3.8) is 0 Å². The zero-order chi connectivity index (χ0) is 20.6. The summed E-state index contributed by atoms with van der Waals surface area (Å²) in [7, 11) is 0. The van der Waals surface area contributed by atoms with Crippen LogP contribution >= 0.6 is 0 Å². The molecule has 3 amide bonds. The van der Waals surface area contributed by atoms with Crippen LogP contribution in [0.4, 0.5) is 0 Å². The van der Waals surface area contributed by atoms with Gasteiger partial charge in [0.2, 0.25) is 11.8 Å². The molecule has 7 heteroatoms. The van der Waals surface area contributed by atoms with Gasteiger partial charge in [-0.05, 0) is 24.8 Å². The lowest BCUT2D eigenvalue weighted by molar-refractivity contribution is -0.133. The van der Waals surface area contributed by atoms with Gasteiger partial charge in [0.25, 0.3) is 5.91 Å². The van der Waals surface area contributed by atoms with Crippen molar-refractivity contribution in [3.8, 4) is 0 Å². The largest absolute Gasteiger partial charge is 0.356 e. The molecule has 3 rings (SSSR count). The van der Waals surface area contributed by atoms with E-state index >= 15 is 0 Å². The van der Waals surface area contributed by atoms with Gasteiger partial charge in [-0.3, -0.25) is 14.4 Å². The highest BCUT2D eigenvalue weighted by Crippen LogP contribution is 2.20. The van der Waals surface area contributed by atoms with E-state index in [0.29, 0.717) is 51.0 Å². The molecule has 1 N–H and O–H groups in total. The predicted octanol–water partition coefficient (Wildman–Crippen LogP) is 2.32. The molecule has 7 nitrogen and oxygen atoms in total. The van der Waals surface area contributed by atoms with Crippen molar-refractivity contribution in [3.05, 3.63) is 35.9 Å². The van der Waals surface area contributed by atoms with Crippen LogP contribution in [0.25, 0.3) is 0 Å². The number of nitrogens with zero attached hydrogens (tertiary/aromatic N) is 3. The SMILES string of the molecule is CCCCNC(=O)C1CCN(C(=O)C2=NN(Cc3ccccc3)C(=O)CC2)CC1. The van der Waals surface area contributed by atoms with E-state index in [4.69, 9.17) is 0 Å². The number of carbonyl (C=O) groups is 3. The van der Waals surface area contributed by atoms with Crippen molar-refractivity contribution >= 4 is 23.4 Å². The Kier molecular flexibility index (Phi) is 7.38. The van der Waals surface area contributed by atoms with Crippen LogP contribution in [-0.4, -0.2) is 53.0 Å². The quantitative estimate of drug-likeness (QED) is 0.716. The molecule has 0 atom stereocenters. The Labute approximate surface area is 172 Å². The van der Waals surface area contributed by atoms with Gasteiger partial charge in [0.15, 0.2) is 0 Å². The molecule has 2 aliphatic rings. The van der Waals surface area contributed by atoms with Gasteiger partial charge in [-0.15, -0.1) is 0 Å². The number of amides is 3. The van der Waals surface area contributed by atoms with E-state index in [1.807, 2.05) is 30.3 Å². The first-order chi connectivity index (χ1) is 14.1. The Hall–Kier alpha value is -2.70. The number of hydrogen-bond donors (Lipinski definition) is 1. The third kappa shape index (κ3) is 5.65. The molecule has 1 aromatic rings. The molecule has 1 aromatic carbocycles. The van der Waals surface area contributed by atoms with Crippen molar-refractivity contribution in [1.82, 2.24) is 15.2 Å². The smallest absolute Gasteiger partial charge is 0.270 e. The molecule has 1 fully saturated rings. The first-order valence-electron chi connectivity index (χ1n) is 10.6. The molecular weight excluding hydrogens is 368 g/mol. The topological polar surface area (TPSA) is 82.1 Å². The number of nitrogens with one attached hydrogen (secondary N) is 1. The van der Waals surface area contributed by atoms with Crippen LogP contribution in [0.5, 0.6) is 0 Å². The van der Waals surface area contributed by atoms with E-state index in [9.17, 15) is 14.4 Å². The maximum absolute atomic E-state index is 12.9. The number of piperidine rings is 1. The first kappa shape index (κ1) is 21.0. The average Bonchev–Trinajstić information content (AvgIpc) is 2.76. The summed E-state index contributed by atoms with van der Waals surface area (Å²) in [6.45, 7) is 4.29. The Morgan fingerprint density at radius 2 is 1.86 bits per heavy atom.